The van der Waals surface area contributed by atoms with Crippen LogP contribution < -0.4 is 20.2 Å². The smallest absolute Gasteiger partial charge is 0.271 e. The molecule has 1 aliphatic heterocycles. The molecule has 2 aromatic carbocycles. The second-order valence-electron chi connectivity index (χ2n) is 7.76. The fourth-order valence-electron chi connectivity index (χ4n) is 3.94. The molecular formula is C26H21N3O3S. The van der Waals surface area contributed by atoms with Crippen LogP contribution >= 0.6 is 11.3 Å². The van der Waals surface area contributed by atoms with Crippen molar-refractivity contribution in [3.63, 3.8) is 0 Å². The van der Waals surface area contributed by atoms with Crippen molar-refractivity contribution in [3.05, 3.63) is 121 Å². The van der Waals surface area contributed by atoms with Crippen molar-refractivity contribution in [3.8, 4) is 0 Å². The topological polar surface area (TPSA) is 76.6 Å². The SMILES string of the molecule is CC1=C(C(=O)Nc2ccccc2)C(c2ccccc2)n2c(s/c(=C\c3ccc(C)o3)c2=O)=N1. The number of anilines is 1. The number of thiazole rings is 1. The van der Waals surface area contributed by atoms with Crippen LogP contribution in [0.5, 0.6) is 0 Å². The summed E-state index contributed by atoms with van der Waals surface area (Å²) < 4.78 is 7.74. The molecule has 1 amide bonds. The lowest BCUT2D eigenvalue weighted by molar-refractivity contribution is -0.113. The molecule has 0 radical (unpaired) electrons. The Kier molecular flexibility index (Phi) is 5.40. The number of hydrogen-bond acceptors (Lipinski definition) is 5. The maximum atomic E-state index is 13.5. The zero-order chi connectivity index (χ0) is 22.9. The highest BCUT2D eigenvalue weighted by Gasteiger charge is 2.32. The van der Waals surface area contributed by atoms with E-state index in [1.807, 2.05) is 86.6 Å². The summed E-state index contributed by atoms with van der Waals surface area (Å²) in [7, 11) is 0. The molecule has 5 rings (SSSR count). The van der Waals surface area contributed by atoms with Gasteiger partial charge in [0.05, 0.1) is 21.8 Å². The molecule has 0 saturated carbocycles. The molecule has 0 fully saturated rings. The van der Waals surface area contributed by atoms with Gasteiger partial charge in [-0.3, -0.25) is 14.2 Å². The standard InChI is InChI=1S/C26H21N3O3S/c1-16-13-14-20(32-16)15-21-25(31)29-23(18-9-5-3-6-10-18)22(17(2)27-26(29)33-21)24(30)28-19-11-7-4-8-12-19/h3-15,23H,1-2H3,(H,28,30)/b21-15-. The van der Waals surface area contributed by atoms with Gasteiger partial charge in [0, 0.05) is 11.8 Å². The van der Waals surface area contributed by atoms with E-state index in [0.717, 1.165) is 11.3 Å². The van der Waals surface area contributed by atoms with Gasteiger partial charge in [0.1, 0.15) is 11.5 Å². The fraction of sp³-hybridized carbons (Fsp3) is 0.115. The minimum Gasteiger partial charge on any atom is -0.462 e. The highest BCUT2D eigenvalue weighted by atomic mass is 32.1. The van der Waals surface area contributed by atoms with Crippen LogP contribution in [0.1, 0.15) is 30.0 Å². The first-order chi connectivity index (χ1) is 16.0. The minimum atomic E-state index is -0.591. The van der Waals surface area contributed by atoms with Gasteiger partial charge in [-0.05, 0) is 43.7 Å². The van der Waals surface area contributed by atoms with Gasteiger partial charge in [-0.2, -0.15) is 0 Å². The van der Waals surface area contributed by atoms with Gasteiger partial charge in [-0.15, -0.1) is 0 Å². The molecular weight excluding hydrogens is 434 g/mol. The van der Waals surface area contributed by atoms with E-state index in [4.69, 9.17) is 4.42 Å². The van der Waals surface area contributed by atoms with Crippen molar-refractivity contribution in [2.24, 2.45) is 4.99 Å². The van der Waals surface area contributed by atoms with Crippen LogP contribution in [0, 0.1) is 6.92 Å². The lowest BCUT2D eigenvalue weighted by Crippen LogP contribution is -2.40. The highest BCUT2D eigenvalue weighted by Crippen LogP contribution is 2.30. The lowest BCUT2D eigenvalue weighted by Gasteiger charge is -2.25. The van der Waals surface area contributed by atoms with E-state index in [2.05, 4.69) is 10.3 Å². The summed E-state index contributed by atoms with van der Waals surface area (Å²) in [5, 5.41) is 2.95. The second-order valence-corrected chi connectivity index (χ2v) is 8.77. The van der Waals surface area contributed by atoms with E-state index < -0.39 is 6.04 Å². The van der Waals surface area contributed by atoms with Crippen LogP contribution in [0.25, 0.3) is 6.08 Å². The lowest BCUT2D eigenvalue weighted by atomic mass is 9.95. The number of amides is 1. The van der Waals surface area contributed by atoms with Crippen LogP contribution in [0.15, 0.2) is 98.3 Å². The largest absolute Gasteiger partial charge is 0.462 e. The third kappa shape index (κ3) is 3.99. The van der Waals surface area contributed by atoms with Gasteiger partial charge in [0.15, 0.2) is 4.80 Å². The van der Waals surface area contributed by atoms with E-state index in [9.17, 15) is 9.59 Å². The number of rotatable bonds is 4. The summed E-state index contributed by atoms with van der Waals surface area (Å²) in [5.74, 6) is 1.09. The molecule has 6 nitrogen and oxygen atoms in total. The minimum absolute atomic E-state index is 0.209. The van der Waals surface area contributed by atoms with Crippen LogP contribution in [-0.4, -0.2) is 10.5 Å². The molecule has 1 N–H and O–H groups in total. The van der Waals surface area contributed by atoms with Gasteiger partial charge >= 0.3 is 0 Å². The van der Waals surface area contributed by atoms with Crippen LogP contribution in [0.4, 0.5) is 5.69 Å². The number of carbonyl (C=O) groups excluding carboxylic acids is 1. The van der Waals surface area contributed by atoms with Crippen molar-refractivity contribution in [1.82, 2.24) is 4.57 Å². The summed E-state index contributed by atoms with van der Waals surface area (Å²) in [6.07, 6.45) is 1.72. The predicted molar refractivity (Wildman–Crippen MR) is 129 cm³/mol. The Morgan fingerprint density at radius 2 is 1.73 bits per heavy atom. The number of aromatic nitrogens is 1. The number of nitrogens with one attached hydrogen (secondary N) is 1. The normalized spacial score (nSPS) is 15.8. The van der Waals surface area contributed by atoms with E-state index in [1.54, 1.807) is 10.6 Å². The molecule has 7 heteroatoms. The first kappa shape index (κ1) is 20.9. The van der Waals surface area contributed by atoms with Crippen LogP contribution in [-0.2, 0) is 4.79 Å². The second kappa shape index (κ2) is 8.52. The average molecular weight is 456 g/mol. The molecule has 1 atom stereocenters. The van der Waals surface area contributed by atoms with Crippen LogP contribution in [0.2, 0.25) is 0 Å². The number of fused-ring (bicyclic) bond motifs is 1. The molecule has 0 saturated heterocycles. The van der Waals surface area contributed by atoms with Crippen molar-refractivity contribution in [1.29, 1.82) is 0 Å². The molecule has 1 aliphatic rings. The van der Waals surface area contributed by atoms with Crippen molar-refractivity contribution >= 4 is 29.0 Å². The molecule has 0 bridgehead atoms. The maximum absolute atomic E-state index is 13.5. The Balaban J connectivity index is 1.67. The summed E-state index contributed by atoms with van der Waals surface area (Å²) in [6, 6.07) is 21.9. The third-order valence-corrected chi connectivity index (χ3v) is 6.43. The van der Waals surface area contributed by atoms with E-state index in [0.29, 0.717) is 32.1 Å². The summed E-state index contributed by atoms with van der Waals surface area (Å²) in [5.41, 5.74) is 2.34. The molecule has 2 aromatic heterocycles. The summed E-state index contributed by atoms with van der Waals surface area (Å²) >= 11 is 1.29. The average Bonchev–Trinajstić information content (AvgIpc) is 3.36. The Hall–Kier alpha value is -3.97. The number of hydrogen-bond donors (Lipinski definition) is 1. The molecule has 164 valence electrons. The zero-order valence-electron chi connectivity index (χ0n) is 18.1. The Morgan fingerprint density at radius 3 is 2.39 bits per heavy atom. The highest BCUT2D eigenvalue weighted by molar-refractivity contribution is 7.07. The first-order valence-corrected chi connectivity index (χ1v) is 11.3. The third-order valence-electron chi connectivity index (χ3n) is 5.45. The molecule has 0 spiro atoms. The van der Waals surface area contributed by atoms with E-state index >= 15 is 0 Å². The zero-order valence-corrected chi connectivity index (χ0v) is 18.9. The number of allylic oxidation sites excluding steroid dienone is 1. The van der Waals surface area contributed by atoms with E-state index in [1.165, 1.54) is 11.3 Å². The molecule has 0 aliphatic carbocycles. The van der Waals surface area contributed by atoms with Gasteiger partial charge in [0.25, 0.3) is 11.5 Å². The summed E-state index contributed by atoms with van der Waals surface area (Å²) in [4.78, 5) is 32.1. The molecule has 1 unspecified atom stereocenters. The number of benzene rings is 2. The Morgan fingerprint density at radius 1 is 1.03 bits per heavy atom. The quantitative estimate of drug-likeness (QED) is 0.509. The molecule has 33 heavy (non-hydrogen) atoms. The first-order valence-electron chi connectivity index (χ1n) is 10.5. The number of aryl methyl sites for hydroxylation is 1. The van der Waals surface area contributed by atoms with Crippen molar-refractivity contribution in [2.45, 2.75) is 19.9 Å². The Labute approximate surface area is 193 Å². The monoisotopic (exact) mass is 455 g/mol. The van der Waals surface area contributed by atoms with Gasteiger partial charge in [-0.1, -0.05) is 59.9 Å². The fourth-order valence-corrected chi connectivity index (χ4v) is 4.97. The van der Waals surface area contributed by atoms with Gasteiger partial charge < -0.3 is 9.73 Å². The van der Waals surface area contributed by atoms with E-state index in [-0.39, 0.29) is 11.5 Å². The van der Waals surface area contributed by atoms with Gasteiger partial charge in [-0.25, -0.2) is 4.99 Å². The maximum Gasteiger partial charge on any atom is 0.271 e. The number of furan rings is 1. The van der Waals surface area contributed by atoms with Crippen molar-refractivity contribution in [2.75, 3.05) is 5.32 Å². The van der Waals surface area contributed by atoms with Gasteiger partial charge in [0.2, 0.25) is 0 Å². The number of carbonyl (C=O) groups is 1. The Bertz CT molecular complexity index is 1540. The number of nitrogens with zero attached hydrogens (tertiary/aromatic N) is 2. The molecule has 4 aromatic rings. The number of para-hydroxylation sites is 1. The van der Waals surface area contributed by atoms with Crippen LogP contribution in [0.3, 0.4) is 0 Å². The molecule has 3 heterocycles. The van der Waals surface area contributed by atoms with Crippen molar-refractivity contribution < 1.29 is 9.21 Å². The summed E-state index contributed by atoms with van der Waals surface area (Å²) in [6.45, 7) is 3.66. The predicted octanol–water partition coefficient (Wildman–Crippen LogP) is 3.78.